The van der Waals surface area contributed by atoms with Crippen LogP contribution in [0, 0.1) is 0 Å². The van der Waals surface area contributed by atoms with E-state index in [2.05, 4.69) is 15.1 Å². The van der Waals surface area contributed by atoms with Crippen molar-refractivity contribution < 1.29 is 9.90 Å². The summed E-state index contributed by atoms with van der Waals surface area (Å²) in [4.78, 5) is 18.8. The molecule has 0 aliphatic rings. The van der Waals surface area contributed by atoms with E-state index in [1.807, 2.05) is 0 Å². The van der Waals surface area contributed by atoms with Gasteiger partial charge in [0, 0.05) is 13.2 Å². The number of aryl methyl sites for hydroxylation is 1. The number of rotatable bonds is 4. The van der Waals surface area contributed by atoms with Crippen molar-refractivity contribution in [1.82, 2.24) is 19.7 Å². The fourth-order valence-corrected chi connectivity index (χ4v) is 1.98. The molecule has 0 saturated carbocycles. The van der Waals surface area contributed by atoms with Crippen LogP contribution < -0.4 is 0 Å². The van der Waals surface area contributed by atoms with Crippen LogP contribution in [0.3, 0.4) is 0 Å². The van der Waals surface area contributed by atoms with Crippen molar-refractivity contribution in [3.8, 4) is 11.5 Å². The number of aromatic nitrogens is 4. The first kappa shape index (κ1) is 12.8. The number of aliphatic carboxylic acids is 1. The summed E-state index contributed by atoms with van der Waals surface area (Å²) in [6, 6.07) is 3.41. The molecule has 0 saturated heterocycles. The van der Waals surface area contributed by atoms with Crippen molar-refractivity contribution in [2.75, 3.05) is 5.75 Å². The molecule has 0 unspecified atom stereocenters. The Kier molecular flexibility index (Phi) is 3.83. The Bertz CT molecular complexity index is 570. The van der Waals surface area contributed by atoms with Gasteiger partial charge in [-0.3, -0.25) is 9.78 Å². The van der Waals surface area contributed by atoms with Gasteiger partial charge < -0.3 is 5.11 Å². The van der Waals surface area contributed by atoms with Crippen LogP contribution in [0.1, 0.15) is 0 Å². The van der Waals surface area contributed by atoms with Crippen LogP contribution in [-0.4, -0.2) is 36.6 Å². The Balaban J connectivity index is 2.22. The molecule has 0 amide bonds. The molecule has 94 valence electrons. The number of thioether (sulfide) groups is 1. The van der Waals surface area contributed by atoms with Crippen molar-refractivity contribution in [2.24, 2.45) is 7.05 Å². The van der Waals surface area contributed by atoms with E-state index in [-0.39, 0.29) is 5.75 Å². The molecule has 0 atom stereocenters. The maximum Gasteiger partial charge on any atom is 0.313 e. The van der Waals surface area contributed by atoms with Crippen molar-refractivity contribution in [3.05, 3.63) is 23.4 Å². The summed E-state index contributed by atoms with van der Waals surface area (Å²) in [7, 11) is 1.70. The maximum atomic E-state index is 10.5. The van der Waals surface area contributed by atoms with Gasteiger partial charge in [-0.2, -0.15) is 4.98 Å². The fourth-order valence-electron chi connectivity index (χ4n) is 1.24. The molecule has 0 aromatic carbocycles. The molecule has 0 aliphatic heterocycles. The van der Waals surface area contributed by atoms with Gasteiger partial charge in [0.1, 0.15) is 5.69 Å². The molecule has 8 heteroatoms. The quantitative estimate of drug-likeness (QED) is 0.861. The average molecular weight is 285 g/mol. The van der Waals surface area contributed by atoms with E-state index in [0.29, 0.717) is 21.7 Å². The predicted octanol–water partition coefficient (Wildman–Crippen LogP) is 1.71. The summed E-state index contributed by atoms with van der Waals surface area (Å²) in [5.41, 5.74) is 0.595. The first-order chi connectivity index (χ1) is 8.56. The van der Waals surface area contributed by atoms with Crippen LogP contribution in [0.15, 0.2) is 23.5 Å². The van der Waals surface area contributed by atoms with Gasteiger partial charge in [0.15, 0.2) is 5.16 Å². The van der Waals surface area contributed by atoms with Crippen LogP contribution >= 0.6 is 23.4 Å². The van der Waals surface area contributed by atoms with Gasteiger partial charge in [0.2, 0.25) is 5.82 Å². The lowest BCUT2D eigenvalue weighted by atomic mass is 10.3. The van der Waals surface area contributed by atoms with Gasteiger partial charge >= 0.3 is 5.97 Å². The fraction of sp³-hybridized carbons (Fsp3) is 0.200. The molecule has 2 heterocycles. The van der Waals surface area contributed by atoms with Crippen molar-refractivity contribution in [3.63, 3.8) is 0 Å². The number of carboxylic acid groups (broad SMARTS) is 1. The van der Waals surface area contributed by atoms with Crippen molar-refractivity contribution in [2.45, 2.75) is 5.16 Å². The van der Waals surface area contributed by atoms with E-state index in [1.165, 1.54) is 10.9 Å². The van der Waals surface area contributed by atoms with Crippen LogP contribution in [-0.2, 0) is 11.8 Å². The molecule has 0 bridgehead atoms. The Morgan fingerprint density at radius 1 is 1.56 bits per heavy atom. The number of pyridine rings is 1. The normalized spacial score (nSPS) is 10.6. The third-order valence-corrected chi connectivity index (χ3v) is 3.23. The predicted molar refractivity (Wildman–Crippen MR) is 67.6 cm³/mol. The Morgan fingerprint density at radius 3 is 2.94 bits per heavy atom. The highest BCUT2D eigenvalue weighted by Crippen LogP contribution is 2.20. The number of nitrogens with zero attached hydrogens (tertiary/aromatic N) is 4. The number of carbonyl (C=O) groups is 1. The first-order valence-corrected chi connectivity index (χ1v) is 6.30. The second-order valence-electron chi connectivity index (χ2n) is 3.39. The number of carboxylic acids is 1. The van der Waals surface area contributed by atoms with Gasteiger partial charge in [-0.05, 0) is 12.1 Å². The minimum absolute atomic E-state index is 0.0555. The summed E-state index contributed by atoms with van der Waals surface area (Å²) in [6.07, 6.45) is 1.51. The second kappa shape index (κ2) is 5.36. The van der Waals surface area contributed by atoms with Crippen LogP contribution in [0.4, 0.5) is 0 Å². The Morgan fingerprint density at radius 2 is 2.33 bits per heavy atom. The minimum atomic E-state index is -0.894. The SMILES string of the molecule is Cn1nc(-c2ccc(Cl)cn2)nc1SCC(=O)O. The molecule has 2 rings (SSSR count). The summed E-state index contributed by atoms with van der Waals surface area (Å²) < 4.78 is 1.53. The molecular weight excluding hydrogens is 276 g/mol. The summed E-state index contributed by atoms with van der Waals surface area (Å²) in [5, 5.41) is 13.9. The molecule has 2 aromatic rings. The minimum Gasteiger partial charge on any atom is -0.481 e. The highest BCUT2D eigenvalue weighted by Gasteiger charge is 2.11. The van der Waals surface area contributed by atoms with Crippen molar-refractivity contribution >= 4 is 29.3 Å². The standard InChI is InChI=1S/C10H9ClN4O2S/c1-15-10(18-5-8(16)17)13-9(14-15)7-3-2-6(11)4-12-7/h2-4H,5H2,1H3,(H,16,17). The monoisotopic (exact) mass is 284 g/mol. The van der Waals surface area contributed by atoms with Gasteiger partial charge in [-0.1, -0.05) is 23.4 Å². The van der Waals surface area contributed by atoms with Crippen LogP contribution in [0.25, 0.3) is 11.5 Å². The van der Waals surface area contributed by atoms with E-state index in [0.717, 1.165) is 11.8 Å². The number of hydrogen-bond acceptors (Lipinski definition) is 5. The topological polar surface area (TPSA) is 80.9 Å². The first-order valence-electron chi connectivity index (χ1n) is 4.94. The molecular formula is C10H9ClN4O2S. The van der Waals surface area contributed by atoms with Gasteiger partial charge in [0.25, 0.3) is 0 Å². The van der Waals surface area contributed by atoms with E-state index in [1.54, 1.807) is 19.2 Å². The average Bonchev–Trinajstić information content (AvgIpc) is 2.69. The zero-order valence-corrected chi connectivity index (χ0v) is 10.9. The third kappa shape index (κ3) is 2.99. The lowest BCUT2D eigenvalue weighted by molar-refractivity contribution is -0.133. The van der Waals surface area contributed by atoms with Crippen LogP contribution in [0.5, 0.6) is 0 Å². The molecule has 6 nitrogen and oxygen atoms in total. The summed E-state index contributed by atoms with van der Waals surface area (Å²) in [5.74, 6) is -0.503. The van der Waals surface area contributed by atoms with Gasteiger partial charge in [-0.15, -0.1) is 5.10 Å². The van der Waals surface area contributed by atoms with Gasteiger partial charge in [-0.25, -0.2) is 4.68 Å². The lowest BCUT2D eigenvalue weighted by Gasteiger charge is -1.94. The molecule has 0 spiro atoms. The molecule has 1 N–H and O–H groups in total. The van der Waals surface area contributed by atoms with E-state index in [4.69, 9.17) is 16.7 Å². The largest absolute Gasteiger partial charge is 0.481 e. The third-order valence-electron chi connectivity index (χ3n) is 2.00. The molecule has 0 radical (unpaired) electrons. The molecule has 0 fully saturated rings. The van der Waals surface area contributed by atoms with E-state index < -0.39 is 5.97 Å². The van der Waals surface area contributed by atoms with Crippen molar-refractivity contribution in [1.29, 1.82) is 0 Å². The number of halogens is 1. The Labute approximate surface area is 112 Å². The lowest BCUT2D eigenvalue weighted by Crippen LogP contribution is -2.00. The summed E-state index contributed by atoms with van der Waals surface area (Å²) in [6.45, 7) is 0. The summed E-state index contributed by atoms with van der Waals surface area (Å²) >= 11 is 6.85. The second-order valence-corrected chi connectivity index (χ2v) is 4.76. The highest BCUT2D eigenvalue weighted by atomic mass is 35.5. The smallest absolute Gasteiger partial charge is 0.313 e. The number of hydrogen-bond donors (Lipinski definition) is 1. The van der Waals surface area contributed by atoms with Gasteiger partial charge in [0.05, 0.1) is 10.8 Å². The molecule has 0 aliphatic carbocycles. The molecule has 18 heavy (non-hydrogen) atoms. The maximum absolute atomic E-state index is 10.5. The zero-order valence-electron chi connectivity index (χ0n) is 9.37. The molecule has 2 aromatic heterocycles. The Hall–Kier alpha value is -1.60. The van der Waals surface area contributed by atoms with Crippen LogP contribution in [0.2, 0.25) is 5.02 Å². The van der Waals surface area contributed by atoms with E-state index >= 15 is 0 Å². The zero-order chi connectivity index (χ0) is 13.1. The van der Waals surface area contributed by atoms with E-state index in [9.17, 15) is 4.79 Å². The highest BCUT2D eigenvalue weighted by molar-refractivity contribution is 7.99.